The Balaban J connectivity index is 2.22. The van der Waals surface area contributed by atoms with Gasteiger partial charge in [0, 0.05) is 18.2 Å². The lowest BCUT2D eigenvalue weighted by Gasteiger charge is -2.13. The second kappa shape index (κ2) is 6.60. The smallest absolute Gasteiger partial charge is 0.242 e. The van der Waals surface area contributed by atoms with Gasteiger partial charge in [0.15, 0.2) is 0 Å². The van der Waals surface area contributed by atoms with E-state index in [1.807, 2.05) is 0 Å². The van der Waals surface area contributed by atoms with Crippen LogP contribution in [-0.2, 0) is 21.4 Å². The topological polar surface area (TPSA) is 75.6 Å². The number of nitrogens with one attached hydrogen (secondary N) is 1. The Morgan fingerprint density at radius 2 is 2.15 bits per heavy atom. The summed E-state index contributed by atoms with van der Waals surface area (Å²) in [7, 11) is -3.79. The molecule has 1 aromatic carbocycles. The van der Waals surface area contributed by atoms with Gasteiger partial charge in [-0.15, -0.1) is 0 Å². The third-order valence-corrected chi connectivity index (χ3v) is 5.29. The average molecular weight is 340 g/mol. The summed E-state index contributed by atoms with van der Waals surface area (Å²) in [5.41, 5.74) is 0.275. The van der Waals surface area contributed by atoms with Gasteiger partial charge >= 0.3 is 0 Å². The van der Waals surface area contributed by atoms with Gasteiger partial charge in [-0.1, -0.05) is 23.2 Å². The van der Waals surface area contributed by atoms with Crippen LogP contribution in [0.4, 0.5) is 0 Å². The highest BCUT2D eigenvalue weighted by atomic mass is 35.5. The molecule has 112 valence electrons. The van der Waals surface area contributed by atoms with E-state index in [-0.39, 0.29) is 39.8 Å². The van der Waals surface area contributed by atoms with E-state index in [2.05, 4.69) is 4.72 Å². The van der Waals surface area contributed by atoms with Crippen LogP contribution in [-0.4, -0.2) is 32.8 Å². The SMILES string of the molecule is O=S(=O)(NCC1CCCO1)c1cc(Cl)cc(CO)c1Cl. The summed E-state index contributed by atoms with van der Waals surface area (Å²) in [4.78, 5) is -0.131. The summed E-state index contributed by atoms with van der Waals surface area (Å²) >= 11 is 11.8. The van der Waals surface area contributed by atoms with Crippen molar-refractivity contribution in [2.75, 3.05) is 13.2 Å². The molecule has 0 bridgehead atoms. The molecule has 20 heavy (non-hydrogen) atoms. The van der Waals surface area contributed by atoms with E-state index in [9.17, 15) is 8.42 Å². The Labute approximate surface area is 127 Å². The number of hydrogen-bond acceptors (Lipinski definition) is 4. The lowest BCUT2D eigenvalue weighted by atomic mass is 10.2. The second-order valence-electron chi connectivity index (χ2n) is 4.52. The molecule has 1 unspecified atom stereocenters. The highest BCUT2D eigenvalue weighted by Gasteiger charge is 2.23. The Hall–Kier alpha value is -0.370. The van der Waals surface area contributed by atoms with Crippen molar-refractivity contribution in [3.8, 4) is 0 Å². The van der Waals surface area contributed by atoms with Crippen LogP contribution in [0.25, 0.3) is 0 Å². The Kier molecular flexibility index (Phi) is 5.28. The minimum atomic E-state index is -3.79. The lowest BCUT2D eigenvalue weighted by molar-refractivity contribution is 0.114. The van der Waals surface area contributed by atoms with E-state index >= 15 is 0 Å². The molecular formula is C12H15Cl2NO4S. The predicted octanol–water partition coefficient (Wildman–Crippen LogP) is 1.94. The van der Waals surface area contributed by atoms with Crippen molar-refractivity contribution in [2.45, 2.75) is 30.4 Å². The van der Waals surface area contributed by atoms with Gasteiger partial charge in [-0.3, -0.25) is 0 Å². The fourth-order valence-electron chi connectivity index (χ4n) is 2.01. The molecule has 1 aliphatic heterocycles. The van der Waals surface area contributed by atoms with E-state index in [4.69, 9.17) is 33.0 Å². The first kappa shape index (κ1) is 16.0. The molecule has 0 radical (unpaired) electrons. The molecule has 1 aliphatic rings. The highest BCUT2D eigenvalue weighted by molar-refractivity contribution is 7.89. The summed E-state index contributed by atoms with van der Waals surface area (Å²) in [6.45, 7) is 0.465. The maximum Gasteiger partial charge on any atom is 0.242 e. The first-order valence-corrected chi connectivity index (χ1v) is 8.38. The summed E-state index contributed by atoms with van der Waals surface area (Å²) < 4.78 is 32.3. The van der Waals surface area contributed by atoms with Gasteiger partial charge in [-0.25, -0.2) is 13.1 Å². The molecule has 1 aromatic rings. The molecular weight excluding hydrogens is 325 g/mol. The van der Waals surface area contributed by atoms with Gasteiger partial charge in [0.05, 0.1) is 17.7 Å². The summed E-state index contributed by atoms with van der Waals surface area (Å²) in [6, 6.07) is 2.70. The van der Waals surface area contributed by atoms with Crippen LogP contribution in [0, 0.1) is 0 Å². The van der Waals surface area contributed by atoms with Crippen molar-refractivity contribution in [2.24, 2.45) is 0 Å². The number of ether oxygens (including phenoxy) is 1. The molecule has 8 heteroatoms. The zero-order valence-corrected chi connectivity index (χ0v) is 12.9. The van der Waals surface area contributed by atoms with Gasteiger partial charge in [0.2, 0.25) is 10.0 Å². The molecule has 1 saturated heterocycles. The zero-order valence-electron chi connectivity index (χ0n) is 10.6. The van der Waals surface area contributed by atoms with E-state index in [1.54, 1.807) is 0 Å². The van der Waals surface area contributed by atoms with Gasteiger partial charge in [-0.05, 0) is 30.5 Å². The minimum Gasteiger partial charge on any atom is -0.392 e. The van der Waals surface area contributed by atoms with Crippen molar-refractivity contribution < 1.29 is 18.3 Å². The largest absolute Gasteiger partial charge is 0.392 e. The van der Waals surface area contributed by atoms with Gasteiger partial charge in [0.25, 0.3) is 0 Å². The number of hydrogen-bond donors (Lipinski definition) is 2. The maximum atomic E-state index is 12.2. The molecule has 1 atom stereocenters. The minimum absolute atomic E-state index is 0.0169. The number of aliphatic hydroxyl groups is 1. The quantitative estimate of drug-likeness (QED) is 0.859. The molecule has 2 N–H and O–H groups in total. The number of halogens is 2. The number of benzene rings is 1. The van der Waals surface area contributed by atoms with E-state index in [1.165, 1.54) is 12.1 Å². The van der Waals surface area contributed by atoms with Crippen molar-refractivity contribution in [1.82, 2.24) is 4.72 Å². The number of sulfonamides is 1. The lowest BCUT2D eigenvalue weighted by Crippen LogP contribution is -2.32. The standard InChI is InChI=1S/C12H15Cl2NO4S/c13-9-4-8(7-16)12(14)11(5-9)20(17,18)15-6-10-2-1-3-19-10/h4-5,10,15-16H,1-3,6-7H2. The van der Waals surface area contributed by atoms with Gasteiger partial charge < -0.3 is 9.84 Å². The van der Waals surface area contributed by atoms with Crippen molar-refractivity contribution in [3.05, 3.63) is 27.7 Å². The second-order valence-corrected chi connectivity index (χ2v) is 7.07. The molecule has 0 aromatic heterocycles. The monoisotopic (exact) mass is 339 g/mol. The Bertz CT molecular complexity index is 585. The van der Waals surface area contributed by atoms with Crippen LogP contribution >= 0.6 is 23.2 Å². The first-order valence-electron chi connectivity index (χ1n) is 6.14. The third-order valence-electron chi connectivity index (χ3n) is 3.06. The molecule has 2 rings (SSSR count). The molecule has 0 spiro atoms. The van der Waals surface area contributed by atoms with E-state index in [0.29, 0.717) is 6.61 Å². The van der Waals surface area contributed by atoms with Crippen LogP contribution in [0.2, 0.25) is 10.0 Å². The fraction of sp³-hybridized carbons (Fsp3) is 0.500. The van der Waals surface area contributed by atoms with Crippen LogP contribution in [0.1, 0.15) is 18.4 Å². The Morgan fingerprint density at radius 3 is 2.75 bits per heavy atom. The predicted molar refractivity (Wildman–Crippen MR) is 76.5 cm³/mol. The van der Waals surface area contributed by atoms with Gasteiger partial charge in [-0.2, -0.15) is 0 Å². The molecule has 0 saturated carbocycles. The summed E-state index contributed by atoms with van der Waals surface area (Å²) in [5.74, 6) is 0. The highest BCUT2D eigenvalue weighted by Crippen LogP contribution is 2.29. The first-order chi connectivity index (χ1) is 9.44. The van der Waals surface area contributed by atoms with Crippen molar-refractivity contribution in [1.29, 1.82) is 0 Å². The number of aliphatic hydroxyl groups excluding tert-OH is 1. The molecule has 0 aliphatic carbocycles. The Morgan fingerprint density at radius 1 is 1.40 bits per heavy atom. The van der Waals surface area contributed by atoms with Crippen LogP contribution in [0.5, 0.6) is 0 Å². The van der Waals surface area contributed by atoms with Crippen LogP contribution in [0.3, 0.4) is 0 Å². The third kappa shape index (κ3) is 3.63. The molecule has 5 nitrogen and oxygen atoms in total. The zero-order chi connectivity index (χ0) is 14.8. The average Bonchev–Trinajstić information content (AvgIpc) is 2.92. The van der Waals surface area contributed by atoms with Crippen LogP contribution in [0.15, 0.2) is 17.0 Å². The molecule has 1 heterocycles. The van der Waals surface area contributed by atoms with Crippen molar-refractivity contribution in [3.63, 3.8) is 0 Å². The van der Waals surface area contributed by atoms with Crippen molar-refractivity contribution >= 4 is 33.2 Å². The number of rotatable bonds is 5. The van der Waals surface area contributed by atoms with E-state index in [0.717, 1.165) is 12.8 Å². The summed E-state index contributed by atoms with van der Waals surface area (Å²) in [6.07, 6.45) is 1.65. The fourth-order valence-corrected chi connectivity index (χ4v) is 4.00. The van der Waals surface area contributed by atoms with Crippen LogP contribution < -0.4 is 4.72 Å². The summed E-state index contributed by atoms with van der Waals surface area (Å²) in [5, 5.41) is 9.34. The molecule has 0 amide bonds. The maximum absolute atomic E-state index is 12.2. The van der Waals surface area contributed by atoms with E-state index < -0.39 is 10.0 Å². The normalized spacial score (nSPS) is 19.4. The molecule has 1 fully saturated rings. The van der Waals surface area contributed by atoms with Gasteiger partial charge in [0.1, 0.15) is 4.90 Å².